The lowest BCUT2D eigenvalue weighted by atomic mass is 10.3. The Morgan fingerprint density at radius 3 is 2.85 bits per heavy atom. The van der Waals surface area contributed by atoms with Crippen LogP contribution in [0.1, 0.15) is 11.3 Å². The number of carbonyl (C=O) groups excluding carboxylic acids is 1. The van der Waals surface area contributed by atoms with Crippen molar-refractivity contribution in [3.05, 3.63) is 47.9 Å². The van der Waals surface area contributed by atoms with Crippen molar-refractivity contribution in [2.75, 3.05) is 18.6 Å². The lowest BCUT2D eigenvalue weighted by molar-refractivity contribution is -0.130. The lowest BCUT2D eigenvalue weighted by Crippen LogP contribution is -2.41. The molecule has 0 N–H and O–H groups in total. The van der Waals surface area contributed by atoms with Gasteiger partial charge in [-0.2, -0.15) is 5.26 Å². The zero-order valence-corrected chi connectivity index (χ0v) is 15.0. The van der Waals surface area contributed by atoms with Crippen molar-refractivity contribution in [1.29, 1.82) is 5.26 Å². The number of hydrogen-bond donors (Lipinski definition) is 0. The fourth-order valence-corrected chi connectivity index (χ4v) is 3.45. The SMILES string of the molecule is CS(=O)(=O)CC(=O)N1Cc2cccn2CC(Oc2ccc(C#N)cn2)C1. The van der Waals surface area contributed by atoms with E-state index >= 15 is 0 Å². The number of pyridine rings is 1. The van der Waals surface area contributed by atoms with Crippen molar-refractivity contribution in [2.45, 2.75) is 19.2 Å². The maximum atomic E-state index is 12.4. The van der Waals surface area contributed by atoms with Crippen LogP contribution < -0.4 is 4.74 Å². The minimum absolute atomic E-state index is 0.248. The highest BCUT2D eigenvalue weighted by molar-refractivity contribution is 7.91. The van der Waals surface area contributed by atoms with Gasteiger partial charge in [-0.15, -0.1) is 0 Å². The molecule has 0 saturated carbocycles. The minimum Gasteiger partial charge on any atom is -0.471 e. The van der Waals surface area contributed by atoms with Crippen LogP contribution in [0.3, 0.4) is 0 Å². The van der Waals surface area contributed by atoms with Gasteiger partial charge in [0, 0.05) is 30.4 Å². The number of amides is 1. The van der Waals surface area contributed by atoms with Gasteiger partial charge in [0.2, 0.25) is 11.8 Å². The molecule has 1 atom stereocenters. The summed E-state index contributed by atoms with van der Waals surface area (Å²) in [7, 11) is -3.41. The second-order valence-electron chi connectivity index (χ2n) is 6.23. The third kappa shape index (κ3) is 4.40. The van der Waals surface area contributed by atoms with Gasteiger partial charge in [-0.3, -0.25) is 4.79 Å². The van der Waals surface area contributed by atoms with Crippen molar-refractivity contribution in [1.82, 2.24) is 14.5 Å². The van der Waals surface area contributed by atoms with Gasteiger partial charge in [0.25, 0.3) is 0 Å². The zero-order chi connectivity index (χ0) is 18.7. The van der Waals surface area contributed by atoms with Crippen molar-refractivity contribution in [3.8, 4) is 11.9 Å². The number of sulfone groups is 1. The maximum absolute atomic E-state index is 12.4. The third-order valence-corrected chi connectivity index (χ3v) is 4.76. The Labute approximate surface area is 151 Å². The molecule has 0 aliphatic carbocycles. The molecular formula is C17H18N4O4S. The number of nitriles is 1. The van der Waals surface area contributed by atoms with Crippen molar-refractivity contribution >= 4 is 15.7 Å². The van der Waals surface area contributed by atoms with E-state index in [4.69, 9.17) is 10.00 Å². The molecule has 0 fully saturated rings. The predicted octanol–water partition coefficient (Wildman–Crippen LogP) is 0.589. The topological polar surface area (TPSA) is 105 Å². The molecule has 9 heteroatoms. The summed E-state index contributed by atoms with van der Waals surface area (Å²) in [4.78, 5) is 18.0. The molecule has 1 amide bonds. The molecule has 1 aliphatic heterocycles. The Morgan fingerprint density at radius 1 is 1.38 bits per heavy atom. The Balaban J connectivity index is 1.80. The Morgan fingerprint density at radius 2 is 2.19 bits per heavy atom. The summed E-state index contributed by atoms with van der Waals surface area (Å²) in [5, 5.41) is 8.83. The predicted molar refractivity (Wildman–Crippen MR) is 92.9 cm³/mol. The fraction of sp³-hybridized carbons (Fsp3) is 0.353. The summed E-state index contributed by atoms with van der Waals surface area (Å²) in [5.41, 5.74) is 1.33. The van der Waals surface area contributed by atoms with Crippen LogP contribution in [0.4, 0.5) is 0 Å². The van der Waals surface area contributed by atoms with Gasteiger partial charge in [0.1, 0.15) is 17.9 Å². The summed E-state index contributed by atoms with van der Waals surface area (Å²) in [6, 6.07) is 8.96. The van der Waals surface area contributed by atoms with Crippen LogP contribution in [0.15, 0.2) is 36.7 Å². The maximum Gasteiger partial charge on any atom is 0.238 e. The van der Waals surface area contributed by atoms with E-state index in [1.165, 1.54) is 11.1 Å². The van der Waals surface area contributed by atoms with E-state index in [1.54, 1.807) is 12.1 Å². The lowest BCUT2D eigenvalue weighted by Gasteiger charge is -2.24. The highest BCUT2D eigenvalue weighted by Gasteiger charge is 2.27. The largest absolute Gasteiger partial charge is 0.471 e. The minimum atomic E-state index is -3.41. The van der Waals surface area contributed by atoms with Crippen LogP contribution >= 0.6 is 0 Å². The first-order valence-electron chi connectivity index (χ1n) is 7.96. The molecular weight excluding hydrogens is 356 g/mol. The summed E-state index contributed by atoms with van der Waals surface area (Å²) in [6.45, 7) is 1.08. The van der Waals surface area contributed by atoms with Gasteiger partial charge in [0.15, 0.2) is 9.84 Å². The van der Waals surface area contributed by atoms with E-state index < -0.39 is 27.6 Å². The van der Waals surface area contributed by atoms with Gasteiger partial charge in [0.05, 0.1) is 25.2 Å². The standard InChI is InChI=1S/C17H18N4O4S/c1-26(23,24)12-17(22)21-9-14-3-2-6-20(14)10-15(11-21)25-16-5-4-13(7-18)8-19-16/h2-6,8,15H,9-12H2,1H3. The summed E-state index contributed by atoms with van der Waals surface area (Å²) in [6.07, 6.45) is 3.95. The molecule has 3 rings (SSSR count). The van der Waals surface area contributed by atoms with Crippen molar-refractivity contribution < 1.29 is 17.9 Å². The Kier molecular flexibility index (Phi) is 4.95. The van der Waals surface area contributed by atoms with Crippen LogP contribution in [0.5, 0.6) is 5.88 Å². The molecule has 2 aromatic rings. The molecule has 0 spiro atoms. The first-order valence-corrected chi connectivity index (χ1v) is 10.0. The van der Waals surface area contributed by atoms with Gasteiger partial charge in [-0.25, -0.2) is 13.4 Å². The third-order valence-electron chi connectivity index (χ3n) is 3.99. The van der Waals surface area contributed by atoms with Crippen LogP contribution in [0.25, 0.3) is 0 Å². The number of carbonyl (C=O) groups is 1. The van der Waals surface area contributed by atoms with E-state index in [0.29, 0.717) is 24.5 Å². The van der Waals surface area contributed by atoms with E-state index in [2.05, 4.69) is 4.98 Å². The molecule has 8 nitrogen and oxygen atoms in total. The monoisotopic (exact) mass is 374 g/mol. The van der Waals surface area contributed by atoms with Crippen molar-refractivity contribution in [3.63, 3.8) is 0 Å². The molecule has 3 heterocycles. The van der Waals surface area contributed by atoms with Gasteiger partial charge < -0.3 is 14.2 Å². The van der Waals surface area contributed by atoms with E-state index in [0.717, 1.165) is 11.9 Å². The molecule has 0 radical (unpaired) electrons. The number of rotatable bonds is 4. The summed E-state index contributed by atoms with van der Waals surface area (Å²) in [5.74, 6) is -0.640. The second-order valence-corrected chi connectivity index (χ2v) is 8.37. The van der Waals surface area contributed by atoms with E-state index in [1.807, 2.05) is 29.0 Å². The van der Waals surface area contributed by atoms with Gasteiger partial charge in [-0.1, -0.05) is 0 Å². The molecule has 0 saturated heterocycles. The molecule has 0 bridgehead atoms. The van der Waals surface area contributed by atoms with E-state index in [9.17, 15) is 13.2 Å². The molecule has 1 aliphatic rings. The Bertz CT molecular complexity index is 944. The number of aromatic nitrogens is 2. The summed E-state index contributed by atoms with van der Waals surface area (Å²) < 4.78 is 30.8. The average Bonchev–Trinajstić information content (AvgIpc) is 2.92. The van der Waals surface area contributed by atoms with Crippen molar-refractivity contribution in [2.24, 2.45) is 0 Å². The second kappa shape index (κ2) is 7.17. The highest BCUT2D eigenvalue weighted by Crippen LogP contribution is 2.18. The molecule has 2 aromatic heterocycles. The number of ether oxygens (including phenoxy) is 1. The number of hydrogen-bond acceptors (Lipinski definition) is 6. The highest BCUT2D eigenvalue weighted by atomic mass is 32.2. The molecule has 136 valence electrons. The quantitative estimate of drug-likeness (QED) is 0.775. The Hall–Kier alpha value is -2.86. The number of fused-ring (bicyclic) bond motifs is 1. The fourth-order valence-electron chi connectivity index (χ4n) is 2.82. The zero-order valence-electron chi connectivity index (χ0n) is 14.2. The normalized spacial score (nSPS) is 17.1. The van der Waals surface area contributed by atoms with Crippen LogP contribution in [-0.2, 0) is 27.7 Å². The molecule has 26 heavy (non-hydrogen) atoms. The summed E-state index contributed by atoms with van der Waals surface area (Å²) >= 11 is 0. The molecule has 0 aromatic carbocycles. The van der Waals surface area contributed by atoms with Crippen LogP contribution in [0.2, 0.25) is 0 Å². The average molecular weight is 374 g/mol. The van der Waals surface area contributed by atoms with Crippen LogP contribution in [0, 0.1) is 11.3 Å². The first kappa shape index (κ1) is 17.9. The van der Waals surface area contributed by atoms with Gasteiger partial charge >= 0.3 is 0 Å². The number of nitrogens with zero attached hydrogens (tertiary/aromatic N) is 4. The molecule has 1 unspecified atom stereocenters. The van der Waals surface area contributed by atoms with Crippen LogP contribution in [-0.4, -0.2) is 53.4 Å². The van der Waals surface area contributed by atoms with Gasteiger partial charge in [-0.05, 0) is 18.2 Å². The first-order chi connectivity index (χ1) is 12.3. The smallest absolute Gasteiger partial charge is 0.238 e. The van der Waals surface area contributed by atoms with E-state index in [-0.39, 0.29) is 6.54 Å².